The third-order valence-corrected chi connectivity index (χ3v) is 5.08. The second-order valence-electron chi connectivity index (χ2n) is 9.20. The molecule has 26 heavy (non-hydrogen) atoms. The summed E-state index contributed by atoms with van der Waals surface area (Å²) in [5.74, 6) is 0. The summed E-state index contributed by atoms with van der Waals surface area (Å²) in [4.78, 5) is 0. The quantitative estimate of drug-likeness (QED) is 0.308. The van der Waals surface area contributed by atoms with Gasteiger partial charge in [0.2, 0.25) is 0 Å². The van der Waals surface area contributed by atoms with Crippen molar-refractivity contribution in [2.75, 3.05) is 0 Å². The number of benzene rings is 2. The summed E-state index contributed by atoms with van der Waals surface area (Å²) in [5.41, 5.74) is 11.6. The van der Waals surface area contributed by atoms with Crippen LogP contribution in [0, 0.1) is 19.9 Å². The first-order valence-corrected chi connectivity index (χ1v) is 8.69. The van der Waals surface area contributed by atoms with Gasteiger partial charge in [-0.3, -0.25) is 0 Å². The number of hydrogen-bond donors (Lipinski definition) is 0. The molecule has 2 aromatic carbocycles. The van der Waals surface area contributed by atoms with E-state index in [9.17, 15) is 0 Å². The van der Waals surface area contributed by atoms with Gasteiger partial charge in [0.1, 0.15) is 0 Å². The Bertz CT molecular complexity index is 726. The van der Waals surface area contributed by atoms with Gasteiger partial charge in [0.15, 0.2) is 0 Å². The number of fused-ring (bicyclic) bond motifs is 3. The summed E-state index contributed by atoms with van der Waals surface area (Å²) in [7, 11) is 0. The smallest absolute Gasteiger partial charge is 0 e. The van der Waals surface area contributed by atoms with E-state index in [0.717, 1.165) is 6.42 Å². The fourth-order valence-electron chi connectivity index (χ4n) is 4.02. The molecule has 0 aliphatic heterocycles. The monoisotopic (exact) mass is 467 g/mol. The van der Waals surface area contributed by atoms with Gasteiger partial charge in [0, 0.05) is 26.2 Å². The average Bonchev–Trinajstić information content (AvgIpc) is 2.70. The topological polar surface area (TPSA) is 0 Å². The van der Waals surface area contributed by atoms with Gasteiger partial charge in [-0.1, -0.05) is 71.6 Å². The second-order valence-corrected chi connectivity index (χ2v) is 9.20. The van der Waals surface area contributed by atoms with Gasteiger partial charge in [-0.2, -0.15) is 17.7 Å². The molecule has 1 aliphatic carbocycles. The molecule has 2 aromatic rings. The number of aryl methyl sites for hydroxylation is 2. The molecule has 3 heteroatoms. The maximum atomic E-state index is 3.69. The molecule has 0 fully saturated rings. The number of rotatable bonds is 0. The van der Waals surface area contributed by atoms with Gasteiger partial charge in [-0.25, -0.2) is 0 Å². The molecule has 0 amide bonds. The van der Waals surface area contributed by atoms with Crippen LogP contribution in [-0.4, -0.2) is 0 Å². The van der Waals surface area contributed by atoms with Crippen molar-refractivity contribution in [2.45, 2.75) is 72.6 Å². The van der Waals surface area contributed by atoms with E-state index in [1.807, 2.05) is 0 Å². The molecule has 0 N–H and O–H groups in total. The Morgan fingerprint density at radius 3 is 1.77 bits per heavy atom. The minimum absolute atomic E-state index is 0. The predicted molar refractivity (Wildman–Crippen MR) is 115 cm³/mol. The molecule has 0 atom stereocenters. The van der Waals surface area contributed by atoms with Crippen molar-refractivity contribution in [1.82, 2.24) is 0 Å². The Balaban J connectivity index is 0.00000208. The first kappa shape index (κ1) is 25.9. The van der Waals surface area contributed by atoms with Crippen molar-refractivity contribution in [3.8, 4) is 11.1 Å². The average molecular weight is 470 g/mol. The molecular weight excluding hydrogens is 438 g/mol. The maximum absolute atomic E-state index is 3.69. The summed E-state index contributed by atoms with van der Waals surface area (Å²) in [5, 5.41) is 0. The Morgan fingerprint density at radius 1 is 0.769 bits per heavy atom. The normalized spacial score (nSPS) is 12.3. The molecule has 0 saturated heterocycles. The largest absolute Gasteiger partial charge is 0.176 e. The van der Waals surface area contributed by atoms with Gasteiger partial charge < -0.3 is 0 Å². The molecule has 0 unspecified atom stereocenters. The third kappa shape index (κ3) is 4.65. The van der Waals surface area contributed by atoms with Crippen LogP contribution in [0.1, 0.15) is 74.9 Å². The molecule has 0 spiro atoms. The molecule has 3 rings (SSSR count). The first-order chi connectivity index (χ1) is 10.5. The maximum Gasteiger partial charge on any atom is 0 e. The van der Waals surface area contributed by atoms with Gasteiger partial charge >= 0.3 is 0 Å². The summed E-state index contributed by atoms with van der Waals surface area (Å²) in [6.07, 6.45) is 1.03. The van der Waals surface area contributed by atoms with Crippen LogP contribution in [0.25, 0.3) is 11.1 Å². The minimum atomic E-state index is 0. The zero-order valence-corrected chi connectivity index (χ0v) is 21.3. The third-order valence-electron chi connectivity index (χ3n) is 5.08. The molecule has 1 aliphatic rings. The Kier molecular flexibility index (Phi) is 8.47. The molecule has 0 heterocycles. The summed E-state index contributed by atoms with van der Waals surface area (Å²) in [6, 6.07) is 10.9. The molecule has 0 bridgehead atoms. The Morgan fingerprint density at radius 2 is 1.27 bits per heavy atom. The van der Waals surface area contributed by atoms with E-state index in [-0.39, 0.29) is 61.8 Å². The second kappa shape index (κ2) is 8.50. The first-order valence-electron chi connectivity index (χ1n) is 8.69. The van der Waals surface area contributed by atoms with E-state index >= 15 is 0 Å². The van der Waals surface area contributed by atoms with E-state index in [4.69, 9.17) is 0 Å². The SMILES string of the molecule is Cc1[c-]c2c(cc1C(C)(C)C)-c1cc(C(C)(C)C)c(C)cc1C2.Cl.Cl.[Zr]. The van der Waals surface area contributed by atoms with Crippen LogP contribution < -0.4 is 0 Å². The van der Waals surface area contributed by atoms with E-state index in [1.165, 1.54) is 44.5 Å². The fourth-order valence-corrected chi connectivity index (χ4v) is 4.02. The van der Waals surface area contributed by atoms with Gasteiger partial charge in [0.25, 0.3) is 0 Å². The summed E-state index contributed by atoms with van der Waals surface area (Å²) < 4.78 is 0. The number of hydrogen-bond acceptors (Lipinski definition) is 0. The molecular formula is C23H31Cl2Zr-. The fraction of sp³-hybridized carbons (Fsp3) is 0.478. The Hall–Kier alpha value is -0.0969. The van der Waals surface area contributed by atoms with Crippen LogP contribution in [0.2, 0.25) is 0 Å². The van der Waals surface area contributed by atoms with E-state index in [1.54, 1.807) is 0 Å². The number of halogens is 2. The molecule has 142 valence electrons. The zero-order valence-electron chi connectivity index (χ0n) is 17.3. The van der Waals surface area contributed by atoms with E-state index in [2.05, 4.69) is 79.7 Å². The van der Waals surface area contributed by atoms with Crippen LogP contribution in [-0.2, 0) is 43.5 Å². The van der Waals surface area contributed by atoms with Crippen molar-refractivity contribution in [3.63, 3.8) is 0 Å². The standard InChI is InChI=1S/C23H29.2ClH.Zr/c1-14-9-16-11-17-10-15(2)21(23(6,7)8)13-19(17)18(16)12-20(14)22(3,4)5;;;/h9,12-13H,11H2,1-8H3;2*1H;/q-1;;;. The molecule has 0 aromatic heterocycles. The summed E-state index contributed by atoms with van der Waals surface area (Å²) in [6.45, 7) is 18.2. The van der Waals surface area contributed by atoms with Gasteiger partial charge in [-0.15, -0.1) is 41.5 Å². The molecule has 0 nitrogen and oxygen atoms in total. The van der Waals surface area contributed by atoms with Crippen LogP contribution in [0.4, 0.5) is 0 Å². The molecule has 0 radical (unpaired) electrons. The molecule has 0 saturated carbocycles. The zero-order chi connectivity index (χ0) is 17.2. The minimum Gasteiger partial charge on any atom is -0.176 e. The van der Waals surface area contributed by atoms with Crippen molar-refractivity contribution in [2.24, 2.45) is 0 Å². The van der Waals surface area contributed by atoms with E-state index in [0.29, 0.717) is 0 Å². The van der Waals surface area contributed by atoms with Gasteiger partial charge in [-0.05, 0) is 35.4 Å². The predicted octanol–water partition coefficient (Wildman–Crippen LogP) is 7.11. The van der Waals surface area contributed by atoms with Crippen molar-refractivity contribution in [3.05, 3.63) is 57.6 Å². The summed E-state index contributed by atoms with van der Waals surface area (Å²) >= 11 is 0. The van der Waals surface area contributed by atoms with Crippen LogP contribution in [0.15, 0.2) is 18.2 Å². The van der Waals surface area contributed by atoms with Crippen molar-refractivity contribution < 1.29 is 26.2 Å². The van der Waals surface area contributed by atoms with Crippen LogP contribution in [0.3, 0.4) is 0 Å². The van der Waals surface area contributed by atoms with Gasteiger partial charge in [0.05, 0.1) is 0 Å². The van der Waals surface area contributed by atoms with Crippen LogP contribution >= 0.6 is 24.8 Å². The Labute approximate surface area is 191 Å². The van der Waals surface area contributed by atoms with Crippen molar-refractivity contribution in [1.29, 1.82) is 0 Å². The van der Waals surface area contributed by atoms with Crippen molar-refractivity contribution >= 4 is 24.8 Å². The van der Waals surface area contributed by atoms with E-state index < -0.39 is 0 Å². The van der Waals surface area contributed by atoms with Crippen LogP contribution in [0.5, 0.6) is 0 Å².